The summed E-state index contributed by atoms with van der Waals surface area (Å²) in [6.45, 7) is 7.49. The summed E-state index contributed by atoms with van der Waals surface area (Å²) >= 11 is 1.17. The smallest absolute Gasteiger partial charge is 0.304 e. The van der Waals surface area contributed by atoms with Gasteiger partial charge < -0.3 is 10.3 Å². The van der Waals surface area contributed by atoms with Gasteiger partial charge in [0.05, 0.1) is 17.4 Å². The van der Waals surface area contributed by atoms with Crippen molar-refractivity contribution in [2.45, 2.75) is 39.4 Å². The van der Waals surface area contributed by atoms with Gasteiger partial charge in [0, 0.05) is 24.2 Å². The third kappa shape index (κ3) is 3.27. The van der Waals surface area contributed by atoms with Gasteiger partial charge in [-0.05, 0) is 20.8 Å². The van der Waals surface area contributed by atoms with Crippen LogP contribution in [0.4, 0.5) is 0 Å². The summed E-state index contributed by atoms with van der Waals surface area (Å²) in [5.41, 5.74) is 1.74. The molecule has 98 valence electrons. The summed E-state index contributed by atoms with van der Waals surface area (Å²) in [6, 6.07) is 0. The van der Waals surface area contributed by atoms with E-state index < -0.39 is 0 Å². The van der Waals surface area contributed by atoms with E-state index in [0.29, 0.717) is 13.1 Å². The molecule has 2 aromatic rings. The number of nitrogens with one attached hydrogen (secondary N) is 2. The average Bonchev–Trinajstić information content (AvgIpc) is 2.87. The lowest BCUT2D eigenvalue weighted by Crippen LogP contribution is -2.22. The lowest BCUT2D eigenvalue weighted by molar-refractivity contribution is 0.347. The quantitative estimate of drug-likeness (QED) is 0.869. The number of aromatic amines is 1. The summed E-state index contributed by atoms with van der Waals surface area (Å²) in [7, 11) is 0. The minimum atomic E-state index is -0.0517. The van der Waals surface area contributed by atoms with Crippen LogP contribution in [0.15, 0.2) is 16.4 Å². The van der Waals surface area contributed by atoms with Crippen LogP contribution in [0.25, 0.3) is 0 Å². The summed E-state index contributed by atoms with van der Waals surface area (Å²) < 4.78 is 1.84. The van der Waals surface area contributed by atoms with Gasteiger partial charge in [0.1, 0.15) is 0 Å². The highest BCUT2D eigenvalue weighted by molar-refractivity contribution is 7.07. The molecular formula is C11H17N5OS. The van der Waals surface area contributed by atoms with Gasteiger partial charge in [-0.2, -0.15) is 0 Å². The lowest BCUT2D eigenvalue weighted by atomic mass is 10.1. The van der Waals surface area contributed by atoms with E-state index in [1.807, 2.05) is 16.3 Å². The Morgan fingerprint density at radius 2 is 2.22 bits per heavy atom. The monoisotopic (exact) mass is 267 g/mol. The van der Waals surface area contributed by atoms with E-state index >= 15 is 0 Å². The molecule has 6 nitrogen and oxygen atoms in total. The molecule has 0 atom stereocenters. The molecule has 2 N–H and O–H groups in total. The summed E-state index contributed by atoms with van der Waals surface area (Å²) in [4.78, 5) is 13.7. The molecule has 0 aliphatic heterocycles. The van der Waals surface area contributed by atoms with Crippen LogP contribution < -0.4 is 10.2 Å². The van der Waals surface area contributed by atoms with Crippen molar-refractivity contribution in [3.63, 3.8) is 0 Å². The van der Waals surface area contributed by atoms with Crippen molar-refractivity contribution >= 4 is 11.3 Å². The third-order valence-electron chi connectivity index (χ3n) is 2.42. The largest absolute Gasteiger partial charge is 0.315 e. The normalized spacial score (nSPS) is 11.9. The van der Waals surface area contributed by atoms with Crippen molar-refractivity contribution in [2.24, 2.45) is 0 Å². The summed E-state index contributed by atoms with van der Waals surface area (Å²) in [5.74, 6) is 0. The Morgan fingerprint density at radius 3 is 2.78 bits per heavy atom. The van der Waals surface area contributed by atoms with Gasteiger partial charge in [-0.15, -0.1) is 5.10 Å². The van der Waals surface area contributed by atoms with E-state index in [4.69, 9.17) is 0 Å². The Kier molecular flexibility index (Phi) is 3.63. The molecule has 0 aliphatic rings. The minimum Gasteiger partial charge on any atom is -0.315 e. The Morgan fingerprint density at radius 1 is 1.44 bits per heavy atom. The highest BCUT2D eigenvalue weighted by Crippen LogP contribution is 2.11. The maximum Gasteiger partial charge on any atom is 0.304 e. The Hall–Kier alpha value is -1.47. The summed E-state index contributed by atoms with van der Waals surface area (Å²) in [5, 5.41) is 13.2. The van der Waals surface area contributed by atoms with Crippen molar-refractivity contribution in [2.75, 3.05) is 0 Å². The molecule has 0 saturated heterocycles. The van der Waals surface area contributed by atoms with Crippen molar-refractivity contribution in [1.29, 1.82) is 0 Å². The second-order valence-electron chi connectivity index (χ2n) is 5.10. The third-order valence-corrected chi connectivity index (χ3v) is 3.14. The number of H-pyrrole nitrogens is 1. The molecule has 0 spiro atoms. The van der Waals surface area contributed by atoms with Crippen LogP contribution in [0, 0.1) is 0 Å². The zero-order chi connectivity index (χ0) is 13.2. The molecule has 7 heteroatoms. The fourth-order valence-electron chi connectivity index (χ4n) is 1.43. The molecule has 0 amide bonds. The molecule has 0 fully saturated rings. The first kappa shape index (κ1) is 13.0. The first-order valence-corrected chi connectivity index (χ1v) is 6.62. The molecule has 0 radical (unpaired) electrons. The number of rotatable bonds is 4. The number of hydrogen-bond donors (Lipinski definition) is 2. The molecule has 18 heavy (non-hydrogen) atoms. The molecule has 0 saturated carbocycles. The van der Waals surface area contributed by atoms with Gasteiger partial charge in [0.25, 0.3) is 0 Å². The van der Waals surface area contributed by atoms with Crippen LogP contribution in [0.2, 0.25) is 0 Å². The zero-order valence-corrected chi connectivity index (χ0v) is 11.5. The predicted octanol–water partition coefficient (Wildman–Crippen LogP) is 1.07. The van der Waals surface area contributed by atoms with E-state index in [1.165, 1.54) is 11.3 Å². The average molecular weight is 267 g/mol. The van der Waals surface area contributed by atoms with Crippen LogP contribution in [0.1, 0.15) is 32.2 Å². The number of hydrogen-bond acceptors (Lipinski definition) is 5. The first-order chi connectivity index (χ1) is 8.45. The van der Waals surface area contributed by atoms with Gasteiger partial charge in [0.15, 0.2) is 0 Å². The molecule has 0 bridgehead atoms. The fraction of sp³-hybridized carbons (Fsp3) is 0.545. The van der Waals surface area contributed by atoms with Crippen LogP contribution in [-0.4, -0.2) is 20.0 Å². The molecular weight excluding hydrogens is 250 g/mol. The second-order valence-corrected chi connectivity index (χ2v) is 5.94. The van der Waals surface area contributed by atoms with E-state index in [1.54, 1.807) is 0 Å². The van der Waals surface area contributed by atoms with Crippen LogP contribution in [0.5, 0.6) is 0 Å². The van der Waals surface area contributed by atoms with E-state index in [9.17, 15) is 4.79 Å². The van der Waals surface area contributed by atoms with Crippen molar-refractivity contribution in [3.05, 3.63) is 32.6 Å². The topological polar surface area (TPSA) is 75.6 Å². The maximum absolute atomic E-state index is 10.9. The van der Waals surface area contributed by atoms with Crippen LogP contribution in [0.3, 0.4) is 0 Å². The Balaban J connectivity index is 1.87. The van der Waals surface area contributed by atoms with Crippen LogP contribution in [-0.2, 0) is 18.6 Å². The maximum atomic E-state index is 10.9. The van der Waals surface area contributed by atoms with Gasteiger partial charge in [0.2, 0.25) is 0 Å². The molecule has 0 aliphatic carbocycles. The molecule has 2 rings (SSSR count). The van der Waals surface area contributed by atoms with Gasteiger partial charge in [-0.1, -0.05) is 16.6 Å². The molecule has 2 heterocycles. The van der Waals surface area contributed by atoms with E-state index in [2.05, 4.69) is 41.4 Å². The van der Waals surface area contributed by atoms with Gasteiger partial charge in [-0.3, -0.25) is 4.79 Å². The fourth-order valence-corrected chi connectivity index (χ4v) is 2.01. The highest BCUT2D eigenvalue weighted by Gasteiger charge is 2.14. The Labute approximate surface area is 109 Å². The van der Waals surface area contributed by atoms with Crippen molar-refractivity contribution in [1.82, 2.24) is 25.3 Å². The number of thiazole rings is 1. The van der Waals surface area contributed by atoms with E-state index in [0.717, 1.165) is 11.4 Å². The SMILES string of the molecule is CC(C)(C)n1cc(CNCc2csc(=O)[nH]2)nn1. The second kappa shape index (κ2) is 5.03. The highest BCUT2D eigenvalue weighted by atomic mass is 32.1. The minimum absolute atomic E-state index is 0.0227. The van der Waals surface area contributed by atoms with Gasteiger partial charge in [-0.25, -0.2) is 4.68 Å². The number of nitrogens with zero attached hydrogens (tertiary/aromatic N) is 3. The molecule has 2 aromatic heterocycles. The lowest BCUT2D eigenvalue weighted by Gasteiger charge is -2.17. The predicted molar refractivity (Wildman–Crippen MR) is 70.5 cm³/mol. The number of aromatic nitrogens is 4. The molecule has 0 unspecified atom stereocenters. The zero-order valence-electron chi connectivity index (χ0n) is 10.7. The van der Waals surface area contributed by atoms with Crippen molar-refractivity contribution < 1.29 is 0 Å². The van der Waals surface area contributed by atoms with E-state index in [-0.39, 0.29) is 10.4 Å². The van der Waals surface area contributed by atoms with Crippen LogP contribution >= 0.6 is 11.3 Å². The Bertz CT molecular complexity index is 562. The van der Waals surface area contributed by atoms with Crippen molar-refractivity contribution in [3.8, 4) is 0 Å². The van der Waals surface area contributed by atoms with Gasteiger partial charge >= 0.3 is 4.87 Å². The standard InChI is InChI=1S/C11H17N5OS/c1-11(2,3)16-6-8(14-15-16)4-12-5-9-7-18-10(17)13-9/h6-7,12H,4-5H2,1-3H3,(H,13,17). The first-order valence-electron chi connectivity index (χ1n) is 5.74. The molecule has 0 aromatic carbocycles. The summed E-state index contributed by atoms with van der Waals surface area (Å²) in [6.07, 6.45) is 1.93.